The largest absolute Gasteiger partial charge is 0.480 e. The van der Waals surface area contributed by atoms with Gasteiger partial charge in [-0.25, -0.2) is 0 Å². The van der Waals surface area contributed by atoms with Crippen molar-refractivity contribution in [1.29, 1.82) is 0 Å². The van der Waals surface area contributed by atoms with Crippen molar-refractivity contribution in [2.45, 2.75) is 247 Å². The van der Waals surface area contributed by atoms with E-state index in [0.29, 0.717) is 0 Å². The molecule has 0 aromatic carbocycles. The zero-order chi connectivity index (χ0) is 72.7. The molecular weight excluding hydrogens is 1280 g/mol. The summed E-state index contributed by atoms with van der Waals surface area (Å²) in [6.07, 6.45) is -24.4. The first kappa shape index (κ1) is 81.5. The summed E-state index contributed by atoms with van der Waals surface area (Å²) in [6.45, 7) is 8.57. The standard InChI is InChI=1S/C57H96N12O27/c1-20(2)35(62-52(89)38(24(6)75)65-53(90)37(23(5)74)64-49(86)34(58)21(3)72)51(88)66-39(25(7)76)54(91)68-15-11-14-30(68)48(85)67-40(55(92)69-16-12-13-29(69)47(84)63-36(22(4)73)50(87)59-17-33(79)80)26(8)93-57-42(61-28(10)78)46(44(82)32(19-71)95-57)96-56-41(60-27(9)77)45(83)43(81)31(18-70)94-56/h20-26,29-32,34-46,56-57,70-76,81-83H,11-19,58H2,1-10H3,(H,59,87)(H,60,77)(H,61,78)(H,62,89)(H,63,84)(H,64,86)(H,65,90)(H,66,88)(H,67,85)(H,79,80)/t21-,22-,23-,24-,25-,26-,29+,30+,31-,32-,34+,35+,36+,37+,38+,39+,40+,41-,42-,43-,44+,45-,46-,56+,57+/m1/s1. The molecular formula is C57H96N12O27. The van der Waals surface area contributed by atoms with E-state index in [4.69, 9.17) is 29.8 Å². The molecule has 0 aromatic heterocycles. The number of rotatable bonds is 32. The third kappa shape index (κ3) is 21.3. The van der Waals surface area contributed by atoms with E-state index in [1.165, 1.54) is 27.7 Å². The van der Waals surface area contributed by atoms with E-state index in [9.17, 15) is 104 Å². The third-order valence-corrected chi connectivity index (χ3v) is 16.5. The first-order valence-electron chi connectivity index (χ1n) is 31.3. The van der Waals surface area contributed by atoms with Gasteiger partial charge in [-0.2, -0.15) is 0 Å². The van der Waals surface area contributed by atoms with Gasteiger partial charge in [0.15, 0.2) is 12.6 Å². The SMILES string of the molecule is CC(=O)N[C@H]1[C@H](O[C@H]2[C@@H](O)[C@@H](CO)O[C@H](O[C@H](C)[C@H](NC(=O)[C@@H]3CCCN3C(=O)[C@@H](NC(=O)[C@@H](NC(=O)[C@@H](NC(=O)[C@@H](NC(=O)[C@@H](N)[C@@H](C)O)[C@@H](C)O)[C@@H](C)O)C(C)C)[C@@H](C)O)C(=O)N3CCC[C@H]3C(=O)N[C@H](C(=O)NCC(=O)O)[C@@H](C)O)[C@@H]2NC(C)=O)O[C@H](CO)[C@@H](O)[C@@H]1O. The van der Waals surface area contributed by atoms with Gasteiger partial charge in [-0.15, -0.1) is 0 Å². The van der Waals surface area contributed by atoms with Gasteiger partial charge >= 0.3 is 5.97 Å². The third-order valence-electron chi connectivity index (χ3n) is 16.5. The van der Waals surface area contributed by atoms with Crippen molar-refractivity contribution in [1.82, 2.24) is 57.7 Å². The van der Waals surface area contributed by atoms with Crippen LogP contribution in [0.25, 0.3) is 0 Å². The number of nitrogens with two attached hydrogens (primary N) is 1. The number of aliphatic carboxylic acids is 1. The van der Waals surface area contributed by atoms with Gasteiger partial charge in [-0.3, -0.25) is 57.5 Å². The van der Waals surface area contributed by atoms with Gasteiger partial charge in [0.2, 0.25) is 65.0 Å². The molecule has 0 unspecified atom stereocenters. The van der Waals surface area contributed by atoms with Crippen LogP contribution in [0.2, 0.25) is 0 Å². The molecule has 4 heterocycles. The zero-order valence-corrected chi connectivity index (χ0v) is 54.8. The number of carbonyl (C=O) groups excluding carboxylic acids is 11. The fourth-order valence-electron chi connectivity index (χ4n) is 11.2. The molecule has 0 bridgehead atoms. The number of nitrogens with zero attached hydrogens (tertiary/aromatic N) is 2. The number of carbonyl (C=O) groups is 12. The quantitative estimate of drug-likeness (QED) is 0.0297. The molecule has 4 aliphatic rings. The second kappa shape index (κ2) is 36.6. The van der Waals surface area contributed by atoms with Crippen molar-refractivity contribution in [3.8, 4) is 0 Å². The number of likely N-dealkylation sites (tertiary alicyclic amines) is 2. The maximum Gasteiger partial charge on any atom is 0.322 e. The summed E-state index contributed by atoms with van der Waals surface area (Å²) in [5.41, 5.74) is 5.67. The highest BCUT2D eigenvalue weighted by molar-refractivity contribution is 5.99. The van der Waals surface area contributed by atoms with E-state index in [1.54, 1.807) is 0 Å². The number of aliphatic hydroxyl groups is 10. The van der Waals surface area contributed by atoms with Crippen LogP contribution in [-0.2, 0) is 76.5 Å². The molecule has 0 aliphatic carbocycles. The highest BCUT2D eigenvalue weighted by Gasteiger charge is 2.54. The number of nitrogens with one attached hydrogen (secondary N) is 9. The van der Waals surface area contributed by atoms with Gasteiger partial charge in [-0.05, 0) is 73.1 Å². The van der Waals surface area contributed by atoms with Gasteiger partial charge in [0.25, 0.3) is 0 Å². The highest BCUT2D eigenvalue weighted by Crippen LogP contribution is 2.32. The van der Waals surface area contributed by atoms with E-state index in [0.717, 1.165) is 51.3 Å². The number of carboxylic acid groups (broad SMARTS) is 1. The summed E-state index contributed by atoms with van der Waals surface area (Å²) in [7, 11) is 0. The van der Waals surface area contributed by atoms with Crippen LogP contribution in [-0.4, -0.2) is 322 Å². The molecule has 0 aromatic rings. The lowest BCUT2D eigenvalue weighted by molar-refractivity contribution is -0.332. The Kier molecular flexibility index (Phi) is 31.0. The average Bonchev–Trinajstić information content (AvgIpc) is 1.02. The number of aliphatic hydroxyl groups excluding tert-OH is 10. The minimum Gasteiger partial charge on any atom is -0.480 e. The zero-order valence-electron chi connectivity index (χ0n) is 54.8. The Balaban J connectivity index is 1.73. The summed E-state index contributed by atoms with van der Waals surface area (Å²) < 4.78 is 24.2. The molecule has 546 valence electrons. The van der Waals surface area contributed by atoms with Crippen LogP contribution in [0.3, 0.4) is 0 Å². The van der Waals surface area contributed by atoms with Gasteiger partial charge in [-0.1, -0.05) is 13.8 Å². The monoisotopic (exact) mass is 1380 g/mol. The summed E-state index contributed by atoms with van der Waals surface area (Å²) in [5.74, 6) is -13.9. The number of hydrogen-bond acceptors (Lipinski definition) is 27. The molecule has 39 heteroatoms. The van der Waals surface area contributed by atoms with Crippen molar-refractivity contribution in [2.24, 2.45) is 11.7 Å². The predicted octanol–water partition coefficient (Wildman–Crippen LogP) is -11.7. The van der Waals surface area contributed by atoms with E-state index in [-0.39, 0.29) is 38.8 Å². The molecule has 4 saturated heterocycles. The van der Waals surface area contributed by atoms with E-state index in [1.807, 2.05) is 5.32 Å². The van der Waals surface area contributed by atoms with Crippen LogP contribution < -0.4 is 53.6 Å². The molecule has 96 heavy (non-hydrogen) atoms. The second-order valence-electron chi connectivity index (χ2n) is 24.7. The fraction of sp³-hybridized carbons (Fsp3) is 0.789. The van der Waals surface area contributed by atoms with Crippen molar-refractivity contribution in [2.75, 3.05) is 32.8 Å². The smallest absolute Gasteiger partial charge is 0.322 e. The second-order valence-corrected chi connectivity index (χ2v) is 24.7. The lowest BCUT2D eigenvalue weighted by atomic mass is 9.94. The summed E-state index contributed by atoms with van der Waals surface area (Å²) in [5, 5.41) is 137. The minimum atomic E-state index is -1.99. The molecule has 0 spiro atoms. The first-order chi connectivity index (χ1) is 44.8. The van der Waals surface area contributed by atoms with Crippen molar-refractivity contribution in [3.63, 3.8) is 0 Å². The van der Waals surface area contributed by atoms with Crippen LogP contribution in [0, 0.1) is 5.92 Å². The fourth-order valence-corrected chi connectivity index (χ4v) is 11.2. The summed E-state index contributed by atoms with van der Waals surface area (Å²) in [4.78, 5) is 165. The van der Waals surface area contributed by atoms with E-state index < -0.39 is 249 Å². The molecule has 11 amide bonds. The lowest BCUT2D eigenvalue weighted by Crippen LogP contribution is -2.70. The Morgan fingerprint density at radius 2 is 0.917 bits per heavy atom. The molecule has 4 fully saturated rings. The Bertz CT molecular complexity index is 2730. The normalized spacial score (nSPS) is 28.4. The Morgan fingerprint density at radius 3 is 1.36 bits per heavy atom. The topological polar surface area (TPSA) is 605 Å². The molecule has 0 radical (unpaired) electrons. The van der Waals surface area contributed by atoms with Gasteiger partial charge in [0.05, 0.1) is 49.8 Å². The lowest BCUT2D eigenvalue weighted by Gasteiger charge is -2.48. The average molecular weight is 1380 g/mol. The van der Waals surface area contributed by atoms with Crippen LogP contribution >= 0.6 is 0 Å². The van der Waals surface area contributed by atoms with Crippen LogP contribution in [0.4, 0.5) is 0 Å². The molecule has 4 rings (SSSR count). The van der Waals surface area contributed by atoms with Crippen molar-refractivity contribution >= 4 is 70.9 Å². The highest BCUT2D eigenvalue weighted by atomic mass is 16.7. The minimum absolute atomic E-state index is 0.0844. The van der Waals surface area contributed by atoms with Gasteiger partial charge in [0, 0.05) is 26.9 Å². The molecule has 4 aliphatic heterocycles. The number of ether oxygens (including phenoxy) is 4. The van der Waals surface area contributed by atoms with E-state index in [2.05, 4.69) is 42.5 Å². The van der Waals surface area contributed by atoms with Gasteiger partial charge < -0.3 is 139 Å². The Hall–Kier alpha value is -6.96. The van der Waals surface area contributed by atoms with Crippen molar-refractivity contribution < 1.29 is 133 Å². The summed E-state index contributed by atoms with van der Waals surface area (Å²) in [6, 6.07) is -18.8. The number of carboxylic acids is 1. The molecule has 25 atom stereocenters. The van der Waals surface area contributed by atoms with Crippen molar-refractivity contribution in [3.05, 3.63) is 0 Å². The first-order valence-corrected chi connectivity index (χ1v) is 31.3. The van der Waals surface area contributed by atoms with E-state index >= 15 is 4.79 Å². The molecule has 39 nitrogen and oxygen atoms in total. The van der Waals surface area contributed by atoms with Gasteiger partial charge in [0.1, 0.15) is 110 Å². The Labute approximate surface area is 551 Å². The number of hydrogen-bond donors (Lipinski definition) is 21. The summed E-state index contributed by atoms with van der Waals surface area (Å²) >= 11 is 0. The maximum absolute atomic E-state index is 15.3. The van der Waals surface area contributed by atoms with Crippen LogP contribution in [0.5, 0.6) is 0 Å². The number of amides is 11. The van der Waals surface area contributed by atoms with Crippen LogP contribution in [0.1, 0.15) is 94.9 Å². The Morgan fingerprint density at radius 1 is 0.510 bits per heavy atom. The predicted molar refractivity (Wildman–Crippen MR) is 323 cm³/mol. The molecule has 22 N–H and O–H groups in total. The maximum atomic E-state index is 15.3. The molecule has 0 saturated carbocycles. The van der Waals surface area contributed by atoms with Crippen LogP contribution in [0.15, 0.2) is 0 Å².